The number of benzene rings is 2. The minimum atomic E-state index is 0.579. The van der Waals surface area contributed by atoms with Crippen LogP contribution < -0.4 is 15.4 Å². The zero-order valence-corrected chi connectivity index (χ0v) is 14.6. The van der Waals surface area contributed by atoms with E-state index in [1.165, 1.54) is 0 Å². The van der Waals surface area contributed by atoms with Crippen LogP contribution in [0.25, 0.3) is 11.3 Å². The molecule has 1 aromatic heterocycles. The SMILES string of the molecule is c1cc2cc(c1)Nc1nccc(n1)-c1cccc(c1)OCCCCCN2. The van der Waals surface area contributed by atoms with Gasteiger partial charge in [0, 0.05) is 29.7 Å². The van der Waals surface area contributed by atoms with Crippen molar-refractivity contribution in [1.29, 1.82) is 0 Å². The molecular formula is C21H22N4O. The molecule has 0 aliphatic carbocycles. The maximum absolute atomic E-state index is 5.90. The van der Waals surface area contributed by atoms with Gasteiger partial charge in [0.15, 0.2) is 0 Å². The van der Waals surface area contributed by atoms with Crippen molar-refractivity contribution in [3.05, 3.63) is 60.8 Å². The third-order valence-corrected chi connectivity index (χ3v) is 4.32. The Labute approximate surface area is 153 Å². The highest BCUT2D eigenvalue weighted by atomic mass is 16.5. The van der Waals surface area contributed by atoms with Gasteiger partial charge in [0.25, 0.3) is 0 Å². The van der Waals surface area contributed by atoms with Crippen LogP contribution in [-0.4, -0.2) is 23.1 Å². The first kappa shape index (κ1) is 16.4. The van der Waals surface area contributed by atoms with Gasteiger partial charge >= 0.3 is 0 Å². The van der Waals surface area contributed by atoms with E-state index in [1.54, 1.807) is 6.20 Å². The van der Waals surface area contributed by atoms with Gasteiger partial charge in [0.05, 0.1) is 12.3 Å². The lowest BCUT2D eigenvalue weighted by Crippen LogP contribution is -2.03. The Morgan fingerprint density at radius 2 is 1.81 bits per heavy atom. The Kier molecular flexibility index (Phi) is 4.96. The molecule has 3 aromatic rings. The van der Waals surface area contributed by atoms with E-state index >= 15 is 0 Å². The second-order valence-corrected chi connectivity index (χ2v) is 6.34. The second-order valence-electron chi connectivity index (χ2n) is 6.34. The van der Waals surface area contributed by atoms with E-state index in [0.717, 1.165) is 60.8 Å². The molecule has 6 bridgehead atoms. The highest BCUT2D eigenvalue weighted by Crippen LogP contribution is 2.24. The fraction of sp³-hybridized carbons (Fsp3) is 0.238. The molecule has 0 amide bonds. The molecule has 0 unspecified atom stereocenters. The van der Waals surface area contributed by atoms with Crippen molar-refractivity contribution in [3.8, 4) is 17.0 Å². The van der Waals surface area contributed by atoms with E-state index in [2.05, 4.69) is 32.7 Å². The molecule has 0 fully saturated rings. The zero-order chi connectivity index (χ0) is 17.6. The van der Waals surface area contributed by atoms with E-state index in [-0.39, 0.29) is 0 Å². The van der Waals surface area contributed by atoms with Crippen LogP contribution in [0, 0.1) is 0 Å². The van der Waals surface area contributed by atoms with Crippen molar-refractivity contribution in [2.45, 2.75) is 19.3 Å². The summed E-state index contributed by atoms with van der Waals surface area (Å²) in [4.78, 5) is 9.00. The number of hydrogen-bond donors (Lipinski definition) is 2. The quantitative estimate of drug-likeness (QED) is 0.609. The van der Waals surface area contributed by atoms with Crippen LogP contribution in [0.1, 0.15) is 19.3 Å². The molecule has 0 spiro atoms. The fourth-order valence-electron chi connectivity index (χ4n) is 2.99. The molecule has 1 aliphatic heterocycles. The van der Waals surface area contributed by atoms with Crippen LogP contribution in [0.4, 0.5) is 17.3 Å². The van der Waals surface area contributed by atoms with E-state index in [0.29, 0.717) is 5.95 Å². The van der Waals surface area contributed by atoms with Gasteiger partial charge in [-0.25, -0.2) is 9.97 Å². The molecule has 2 heterocycles. The minimum absolute atomic E-state index is 0.579. The van der Waals surface area contributed by atoms with Crippen molar-refractivity contribution >= 4 is 17.3 Å². The van der Waals surface area contributed by atoms with Crippen molar-refractivity contribution in [2.24, 2.45) is 0 Å². The van der Waals surface area contributed by atoms with Crippen molar-refractivity contribution < 1.29 is 4.74 Å². The molecule has 5 nitrogen and oxygen atoms in total. The van der Waals surface area contributed by atoms with E-state index in [1.807, 2.05) is 42.5 Å². The van der Waals surface area contributed by atoms with Gasteiger partial charge in [-0.1, -0.05) is 18.2 Å². The standard InChI is InChI=1S/C21H22N4O/c1-2-11-22-17-7-5-8-18(15-17)24-21-23-12-10-20(25-21)16-6-4-9-19(14-16)26-13-3-1/h4-10,12,14-15,22H,1-3,11,13H2,(H,23,24,25). The Morgan fingerprint density at radius 3 is 2.81 bits per heavy atom. The highest BCUT2D eigenvalue weighted by Gasteiger charge is 2.06. The third-order valence-electron chi connectivity index (χ3n) is 4.32. The van der Waals surface area contributed by atoms with Crippen LogP contribution in [0.3, 0.4) is 0 Å². The summed E-state index contributed by atoms with van der Waals surface area (Å²) in [6, 6.07) is 18.2. The van der Waals surface area contributed by atoms with Crippen LogP contribution in [-0.2, 0) is 0 Å². The lowest BCUT2D eigenvalue weighted by Gasteiger charge is -2.10. The molecule has 0 atom stereocenters. The molecule has 132 valence electrons. The van der Waals surface area contributed by atoms with Gasteiger partial charge in [-0.05, 0) is 55.7 Å². The Hall–Kier alpha value is -3.08. The first-order valence-electron chi connectivity index (χ1n) is 9.04. The molecule has 0 saturated heterocycles. The first-order chi connectivity index (χ1) is 12.9. The average Bonchev–Trinajstić information content (AvgIpc) is 2.67. The second kappa shape index (κ2) is 7.87. The topological polar surface area (TPSA) is 59.1 Å². The maximum atomic E-state index is 5.90. The maximum Gasteiger partial charge on any atom is 0.227 e. The molecular weight excluding hydrogens is 324 g/mol. The van der Waals surface area contributed by atoms with Crippen molar-refractivity contribution in [3.63, 3.8) is 0 Å². The highest BCUT2D eigenvalue weighted by molar-refractivity contribution is 5.65. The summed E-state index contributed by atoms with van der Waals surface area (Å²) in [6.07, 6.45) is 5.07. The summed E-state index contributed by atoms with van der Waals surface area (Å²) >= 11 is 0. The number of fused-ring (bicyclic) bond motifs is 7. The van der Waals surface area contributed by atoms with Crippen LogP contribution >= 0.6 is 0 Å². The van der Waals surface area contributed by atoms with Crippen LogP contribution in [0.2, 0.25) is 0 Å². The number of nitrogens with one attached hydrogen (secondary N) is 2. The smallest absolute Gasteiger partial charge is 0.227 e. The molecule has 2 N–H and O–H groups in total. The molecule has 0 radical (unpaired) electrons. The Morgan fingerprint density at radius 1 is 0.885 bits per heavy atom. The monoisotopic (exact) mass is 346 g/mol. The van der Waals surface area contributed by atoms with Gasteiger partial charge in [-0.3, -0.25) is 0 Å². The molecule has 1 aliphatic rings. The fourth-order valence-corrected chi connectivity index (χ4v) is 2.99. The first-order valence-corrected chi connectivity index (χ1v) is 9.04. The summed E-state index contributed by atoms with van der Waals surface area (Å²) in [7, 11) is 0. The molecule has 2 aromatic carbocycles. The minimum Gasteiger partial charge on any atom is -0.494 e. The predicted molar refractivity (Wildman–Crippen MR) is 105 cm³/mol. The van der Waals surface area contributed by atoms with Gasteiger partial charge in [0.1, 0.15) is 5.75 Å². The van der Waals surface area contributed by atoms with E-state index in [9.17, 15) is 0 Å². The number of ether oxygens (including phenoxy) is 1. The summed E-state index contributed by atoms with van der Waals surface area (Å²) in [5.41, 5.74) is 3.95. The van der Waals surface area contributed by atoms with Gasteiger partial charge in [-0.2, -0.15) is 0 Å². The number of rotatable bonds is 0. The largest absolute Gasteiger partial charge is 0.494 e. The average molecular weight is 346 g/mol. The normalized spacial score (nSPS) is 14.3. The summed E-state index contributed by atoms with van der Waals surface area (Å²) in [6.45, 7) is 1.68. The lowest BCUT2D eigenvalue weighted by atomic mass is 10.1. The van der Waals surface area contributed by atoms with E-state index in [4.69, 9.17) is 4.74 Å². The Bertz CT molecular complexity index is 881. The third kappa shape index (κ3) is 4.11. The zero-order valence-electron chi connectivity index (χ0n) is 14.6. The number of aromatic nitrogens is 2. The predicted octanol–water partition coefficient (Wildman–Crippen LogP) is 4.86. The Balaban J connectivity index is 1.67. The van der Waals surface area contributed by atoms with Gasteiger partial charge < -0.3 is 15.4 Å². The molecule has 26 heavy (non-hydrogen) atoms. The lowest BCUT2D eigenvalue weighted by molar-refractivity contribution is 0.306. The van der Waals surface area contributed by atoms with Gasteiger partial charge in [-0.15, -0.1) is 0 Å². The number of hydrogen-bond acceptors (Lipinski definition) is 5. The van der Waals surface area contributed by atoms with Gasteiger partial charge in [0.2, 0.25) is 5.95 Å². The number of nitrogens with zero attached hydrogens (tertiary/aromatic N) is 2. The molecule has 5 heteroatoms. The number of anilines is 3. The van der Waals surface area contributed by atoms with Crippen LogP contribution in [0.5, 0.6) is 5.75 Å². The van der Waals surface area contributed by atoms with Crippen LogP contribution in [0.15, 0.2) is 60.8 Å². The molecule has 0 saturated carbocycles. The summed E-state index contributed by atoms with van der Waals surface area (Å²) in [5.74, 6) is 1.46. The van der Waals surface area contributed by atoms with Crippen molar-refractivity contribution in [1.82, 2.24) is 9.97 Å². The summed E-state index contributed by atoms with van der Waals surface area (Å²) in [5, 5.41) is 6.76. The van der Waals surface area contributed by atoms with Crippen molar-refractivity contribution in [2.75, 3.05) is 23.8 Å². The summed E-state index contributed by atoms with van der Waals surface area (Å²) < 4.78 is 5.90. The molecule has 4 rings (SSSR count). The van der Waals surface area contributed by atoms with E-state index < -0.39 is 0 Å².